The highest BCUT2D eigenvalue weighted by molar-refractivity contribution is 7.18. The Morgan fingerprint density at radius 2 is 1.86 bits per heavy atom. The minimum absolute atomic E-state index is 0.0211. The lowest BCUT2D eigenvalue weighted by Crippen LogP contribution is -2.25. The quantitative estimate of drug-likeness (QED) is 0.608. The monoisotopic (exact) mass is 400 g/mol. The van der Waals surface area contributed by atoms with Crippen LogP contribution in [0.4, 0.5) is 5.00 Å². The van der Waals surface area contributed by atoms with Gasteiger partial charge in [-0.05, 0) is 44.7 Å². The minimum Gasteiger partial charge on any atom is -0.379 e. The standard InChI is InChI=1S/C23H32N2O2S/c1-18(2)27-16-10-13-24-22(26)21-17-20(19-11-6-5-7-12-19)23(28-21)25-14-8-3-4-9-15-25/h5-7,11-12,17-18H,3-4,8-10,13-16H2,1-2H3,(H,24,26). The number of nitrogens with zero attached hydrogens (tertiary/aromatic N) is 1. The Kier molecular flexibility index (Phi) is 7.92. The van der Waals surface area contributed by atoms with Gasteiger partial charge in [0.25, 0.3) is 5.91 Å². The second kappa shape index (κ2) is 10.6. The van der Waals surface area contributed by atoms with Crippen molar-refractivity contribution in [2.24, 2.45) is 0 Å². The van der Waals surface area contributed by atoms with Crippen molar-refractivity contribution in [3.05, 3.63) is 41.3 Å². The highest BCUT2D eigenvalue weighted by Crippen LogP contribution is 2.39. The second-order valence-electron chi connectivity index (χ2n) is 7.63. The fourth-order valence-corrected chi connectivity index (χ4v) is 4.66. The van der Waals surface area contributed by atoms with Crippen molar-refractivity contribution >= 4 is 22.2 Å². The number of rotatable bonds is 8. The van der Waals surface area contributed by atoms with Gasteiger partial charge in [-0.15, -0.1) is 11.3 Å². The van der Waals surface area contributed by atoms with E-state index < -0.39 is 0 Å². The van der Waals surface area contributed by atoms with E-state index in [1.165, 1.54) is 41.8 Å². The van der Waals surface area contributed by atoms with Gasteiger partial charge in [0.1, 0.15) is 0 Å². The summed E-state index contributed by atoms with van der Waals surface area (Å²) in [6, 6.07) is 12.5. The van der Waals surface area contributed by atoms with Crippen molar-refractivity contribution < 1.29 is 9.53 Å². The largest absolute Gasteiger partial charge is 0.379 e. The maximum Gasteiger partial charge on any atom is 0.261 e. The maximum absolute atomic E-state index is 12.7. The summed E-state index contributed by atoms with van der Waals surface area (Å²) in [6.45, 7) is 7.53. The molecule has 0 bridgehead atoms. The fourth-order valence-electron chi connectivity index (χ4n) is 3.51. The minimum atomic E-state index is 0.0211. The van der Waals surface area contributed by atoms with E-state index in [-0.39, 0.29) is 12.0 Å². The number of thiophene rings is 1. The zero-order chi connectivity index (χ0) is 19.8. The molecule has 4 nitrogen and oxygen atoms in total. The van der Waals surface area contributed by atoms with Crippen LogP contribution in [0.3, 0.4) is 0 Å². The molecule has 1 aliphatic heterocycles. The highest BCUT2D eigenvalue weighted by atomic mass is 32.1. The molecule has 1 fully saturated rings. The second-order valence-corrected chi connectivity index (χ2v) is 8.66. The van der Waals surface area contributed by atoms with Crippen LogP contribution in [0, 0.1) is 0 Å². The molecular weight excluding hydrogens is 368 g/mol. The lowest BCUT2D eigenvalue weighted by molar-refractivity contribution is 0.0757. The smallest absolute Gasteiger partial charge is 0.261 e. The van der Waals surface area contributed by atoms with Crippen LogP contribution in [0.25, 0.3) is 11.1 Å². The first-order chi connectivity index (χ1) is 13.6. The van der Waals surface area contributed by atoms with Crippen molar-refractivity contribution in [2.75, 3.05) is 31.1 Å². The molecule has 0 spiro atoms. The molecule has 1 N–H and O–H groups in total. The van der Waals surface area contributed by atoms with Gasteiger partial charge in [-0.3, -0.25) is 4.79 Å². The Bertz CT molecular complexity index is 734. The molecule has 0 saturated carbocycles. The highest BCUT2D eigenvalue weighted by Gasteiger charge is 2.21. The molecule has 1 aromatic carbocycles. The molecule has 1 aliphatic rings. The van der Waals surface area contributed by atoms with Crippen molar-refractivity contribution in [3.8, 4) is 11.1 Å². The third kappa shape index (κ3) is 5.82. The first kappa shape index (κ1) is 20.9. The van der Waals surface area contributed by atoms with Gasteiger partial charge < -0.3 is 15.0 Å². The van der Waals surface area contributed by atoms with Gasteiger partial charge >= 0.3 is 0 Å². The number of benzene rings is 1. The van der Waals surface area contributed by atoms with Crippen molar-refractivity contribution in [3.63, 3.8) is 0 Å². The number of ether oxygens (including phenoxy) is 1. The topological polar surface area (TPSA) is 41.6 Å². The van der Waals surface area contributed by atoms with Crippen molar-refractivity contribution in [1.29, 1.82) is 0 Å². The van der Waals surface area contributed by atoms with Crippen molar-refractivity contribution in [2.45, 2.75) is 52.1 Å². The Morgan fingerprint density at radius 1 is 1.14 bits per heavy atom. The molecule has 2 aromatic rings. The van der Waals surface area contributed by atoms with E-state index in [0.717, 1.165) is 24.4 Å². The maximum atomic E-state index is 12.7. The number of carbonyl (C=O) groups is 1. The first-order valence-electron chi connectivity index (χ1n) is 10.5. The Balaban J connectivity index is 1.74. The number of amides is 1. The van der Waals surface area contributed by atoms with Crippen LogP contribution >= 0.6 is 11.3 Å². The van der Waals surface area contributed by atoms with Gasteiger partial charge in [0.05, 0.1) is 16.0 Å². The van der Waals surface area contributed by atoms with Crippen LogP contribution < -0.4 is 10.2 Å². The first-order valence-corrected chi connectivity index (χ1v) is 11.3. The molecule has 2 heterocycles. The third-order valence-electron chi connectivity index (χ3n) is 4.97. The molecule has 1 aromatic heterocycles. The van der Waals surface area contributed by atoms with Crippen LogP contribution in [0.15, 0.2) is 36.4 Å². The van der Waals surface area contributed by atoms with E-state index in [0.29, 0.717) is 13.2 Å². The predicted octanol–water partition coefficient (Wildman–Crippen LogP) is 5.34. The summed E-state index contributed by atoms with van der Waals surface area (Å²) < 4.78 is 5.55. The lowest BCUT2D eigenvalue weighted by Gasteiger charge is -2.22. The van der Waals surface area contributed by atoms with Gasteiger partial charge in [0.2, 0.25) is 0 Å². The molecular formula is C23H32N2O2S. The van der Waals surface area contributed by atoms with E-state index in [4.69, 9.17) is 4.74 Å². The zero-order valence-electron chi connectivity index (χ0n) is 17.1. The molecule has 3 rings (SSSR count). The number of anilines is 1. The zero-order valence-corrected chi connectivity index (χ0v) is 17.9. The number of hydrogen-bond acceptors (Lipinski definition) is 4. The summed E-state index contributed by atoms with van der Waals surface area (Å²) in [6.07, 6.45) is 6.12. The summed E-state index contributed by atoms with van der Waals surface area (Å²) in [5.41, 5.74) is 2.36. The molecule has 0 unspecified atom stereocenters. The molecule has 5 heteroatoms. The van der Waals surface area contributed by atoms with Crippen LogP contribution in [-0.2, 0) is 4.74 Å². The summed E-state index contributed by atoms with van der Waals surface area (Å²) in [5, 5.41) is 4.29. The van der Waals surface area contributed by atoms with Crippen LogP contribution in [0.1, 0.15) is 55.6 Å². The molecule has 1 saturated heterocycles. The molecule has 28 heavy (non-hydrogen) atoms. The normalized spacial score (nSPS) is 14.9. The van der Waals surface area contributed by atoms with Crippen LogP contribution in [-0.4, -0.2) is 38.3 Å². The summed E-state index contributed by atoms with van der Waals surface area (Å²) in [5.74, 6) is 0.0211. The van der Waals surface area contributed by atoms with E-state index in [2.05, 4.69) is 40.5 Å². The van der Waals surface area contributed by atoms with Gasteiger partial charge in [0, 0.05) is 31.8 Å². The fraction of sp³-hybridized carbons (Fsp3) is 0.522. The molecule has 0 atom stereocenters. The SMILES string of the molecule is CC(C)OCCCNC(=O)c1cc(-c2ccccc2)c(N2CCCCCC2)s1. The number of hydrogen-bond donors (Lipinski definition) is 1. The Hall–Kier alpha value is -1.85. The van der Waals surface area contributed by atoms with E-state index in [1.807, 2.05) is 19.9 Å². The van der Waals surface area contributed by atoms with E-state index in [9.17, 15) is 4.79 Å². The Morgan fingerprint density at radius 3 is 2.54 bits per heavy atom. The van der Waals surface area contributed by atoms with Crippen molar-refractivity contribution in [1.82, 2.24) is 5.32 Å². The van der Waals surface area contributed by atoms with Gasteiger partial charge in [-0.1, -0.05) is 43.2 Å². The predicted molar refractivity (Wildman–Crippen MR) is 118 cm³/mol. The third-order valence-corrected chi connectivity index (χ3v) is 6.17. The summed E-state index contributed by atoms with van der Waals surface area (Å²) >= 11 is 1.63. The molecule has 0 radical (unpaired) electrons. The summed E-state index contributed by atoms with van der Waals surface area (Å²) in [4.78, 5) is 16.0. The Labute approximate surface area is 172 Å². The summed E-state index contributed by atoms with van der Waals surface area (Å²) in [7, 11) is 0. The van der Waals surface area contributed by atoms with E-state index in [1.54, 1.807) is 11.3 Å². The number of carbonyl (C=O) groups excluding carboxylic acids is 1. The van der Waals surface area contributed by atoms with E-state index >= 15 is 0 Å². The molecule has 0 aliphatic carbocycles. The molecule has 152 valence electrons. The number of nitrogens with one attached hydrogen (secondary N) is 1. The molecule has 1 amide bonds. The van der Waals surface area contributed by atoms with Gasteiger partial charge in [-0.2, -0.15) is 0 Å². The average molecular weight is 401 g/mol. The van der Waals surface area contributed by atoms with Crippen LogP contribution in [0.5, 0.6) is 0 Å². The van der Waals surface area contributed by atoms with Gasteiger partial charge in [-0.25, -0.2) is 0 Å². The average Bonchev–Trinajstić information content (AvgIpc) is 2.97. The van der Waals surface area contributed by atoms with Crippen LogP contribution in [0.2, 0.25) is 0 Å². The van der Waals surface area contributed by atoms with Gasteiger partial charge in [0.15, 0.2) is 0 Å². The lowest BCUT2D eigenvalue weighted by atomic mass is 10.1.